The van der Waals surface area contributed by atoms with Gasteiger partial charge >= 0.3 is 0 Å². The van der Waals surface area contributed by atoms with Gasteiger partial charge in [-0.2, -0.15) is 0 Å². The molecule has 94 valence electrons. The van der Waals surface area contributed by atoms with Crippen LogP contribution >= 0.6 is 0 Å². The molecule has 0 radical (unpaired) electrons. The molecule has 2 nitrogen and oxygen atoms in total. The number of nitrogens with two attached hydrogens (primary N) is 1. The van der Waals surface area contributed by atoms with Crippen molar-refractivity contribution in [1.82, 2.24) is 0 Å². The van der Waals surface area contributed by atoms with Crippen molar-refractivity contribution in [3.63, 3.8) is 0 Å². The molecule has 2 heteroatoms. The lowest BCUT2D eigenvalue weighted by Gasteiger charge is -2.18. The molecule has 0 aliphatic heterocycles. The first-order valence-electron chi connectivity index (χ1n) is 6.19. The van der Waals surface area contributed by atoms with E-state index in [1.165, 1.54) is 11.1 Å². The first-order chi connectivity index (χ1) is 8.69. The molecule has 1 atom stereocenters. The molecule has 0 saturated heterocycles. The van der Waals surface area contributed by atoms with E-state index in [0.29, 0.717) is 6.54 Å². The minimum atomic E-state index is -0.0895. The number of aryl methyl sites for hydroxylation is 2. The van der Waals surface area contributed by atoms with E-state index >= 15 is 0 Å². The predicted octanol–water partition coefficient (Wildman–Crippen LogP) is 3.38. The first kappa shape index (κ1) is 12.7. The van der Waals surface area contributed by atoms with Gasteiger partial charge in [0.05, 0.1) is 0 Å². The first-order valence-corrected chi connectivity index (χ1v) is 6.19. The van der Waals surface area contributed by atoms with E-state index in [4.69, 9.17) is 10.5 Å². The maximum absolute atomic E-state index is 5.92. The fourth-order valence-corrected chi connectivity index (χ4v) is 1.81. The van der Waals surface area contributed by atoms with Gasteiger partial charge in [0.2, 0.25) is 0 Å². The van der Waals surface area contributed by atoms with Gasteiger partial charge in [0, 0.05) is 6.54 Å². The van der Waals surface area contributed by atoms with Crippen LogP contribution in [0, 0.1) is 13.8 Å². The van der Waals surface area contributed by atoms with Crippen LogP contribution in [-0.2, 0) is 0 Å². The Morgan fingerprint density at radius 2 is 1.39 bits per heavy atom. The molecule has 0 amide bonds. The van der Waals surface area contributed by atoms with Gasteiger partial charge in [-0.05, 0) is 31.5 Å². The van der Waals surface area contributed by atoms with Crippen molar-refractivity contribution in [2.24, 2.45) is 5.73 Å². The molecule has 0 spiro atoms. The molecule has 0 heterocycles. The van der Waals surface area contributed by atoms with Gasteiger partial charge < -0.3 is 10.5 Å². The summed E-state index contributed by atoms with van der Waals surface area (Å²) in [5, 5.41) is 0. The van der Waals surface area contributed by atoms with Crippen molar-refractivity contribution in [2.45, 2.75) is 20.0 Å². The van der Waals surface area contributed by atoms with Gasteiger partial charge in [-0.25, -0.2) is 0 Å². The molecule has 0 aliphatic carbocycles. The molecule has 0 aromatic heterocycles. The molecular weight excluding hydrogens is 222 g/mol. The molecule has 0 aliphatic rings. The van der Waals surface area contributed by atoms with Gasteiger partial charge in [0.15, 0.2) is 0 Å². The Labute approximate surface area is 108 Å². The lowest BCUT2D eigenvalue weighted by Crippen LogP contribution is -2.18. The van der Waals surface area contributed by atoms with Crippen molar-refractivity contribution in [2.75, 3.05) is 6.54 Å². The zero-order valence-corrected chi connectivity index (χ0v) is 10.9. The van der Waals surface area contributed by atoms with Crippen molar-refractivity contribution in [3.05, 3.63) is 65.2 Å². The van der Waals surface area contributed by atoms with Gasteiger partial charge in [-0.3, -0.25) is 0 Å². The number of hydrogen-bond acceptors (Lipinski definition) is 2. The Morgan fingerprint density at radius 3 is 1.89 bits per heavy atom. The molecule has 0 bridgehead atoms. The number of ether oxygens (including phenoxy) is 1. The summed E-state index contributed by atoms with van der Waals surface area (Å²) >= 11 is 0. The highest BCUT2D eigenvalue weighted by atomic mass is 16.5. The summed E-state index contributed by atoms with van der Waals surface area (Å²) in [7, 11) is 0. The highest BCUT2D eigenvalue weighted by molar-refractivity contribution is 5.29. The molecule has 0 fully saturated rings. The summed E-state index contributed by atoms with van der Waals surface area (Å²) in [4.78, 5) is 0. The SMILES string of the molecule is Cc1ccc(OC(CN)c2ccc(C)cc2)cc1. The van der Waals surface area contributed by atoms with E-state index in [1.54, 1.807) is 0 Å². The molecule has 2 rings (SSSR count). The van der Waals surface area contributed by atoms with Gasteiger partial charge in [0.1, 0.15) is 11.9 Å². The Morgan fingerprint density at radius 1 is 0.889 bits per heavy atom. The Balaban J connectivity index is 2.14. The predicted molar refractivity (Wildman–Crippen MR) is 74.8 cm³/mol. The number of benzene rings is 2. The van der Waals surface area contributed by atoms with Crippen LogP contribution in [0.4, 0.5) is 0 Å². The molecule has 0 saturated carbocycles. The summed E-state index contributed by atoms with van der Waals surface area (Å²) in [5.74, 6) is 0.858. The summed E-state index contributed by atoms with van der Waals surface area (Å²) in [6.45, 7) is 4.60. The molecule has 1 unspecified atom stereocenters. The molecule has 18 heavy (non-hydrogen) atoms. The lowest BCUT2D eigenvalue weighted by molar-refractivity contribution is 0.214. The Hall–Kier alpha value is -1.80. The highest BCUT2D eigenvalue weighted by Gasteiger charge is 2.10. The van der Waals surface area contributed by atoms with Crippen molar-refractivity contribution >= 4 is 0 Å². The molecule has 2 aromatic rings. The summed E-state index contributed by atoms with van der Waals surface area (Å²) in [5.41, 5.74) is 9.37. The van der Waals surface area contributed by atoms with Crippen LogP contribution in [0.25, 0.3) is 0 Å². The Kier molecular flexibility index (Phi) is 4.00. The van der Waals surface area contributed by atoms with Crippen molar-refractivity contribution in [1.29, 1.82) is 0 Å². The molecule has 2 N–H and O–H groups in total. The van der Waals surface area contributed by atoms with Crippen molar-refractivity contribution in [3.8, 4) is 5.75 Å². The second-order valence-corrected chi connectivity index (χ2v) is 4.57. The highest BCUT2D eigenvalue weighted by Crippen LogP contribution is 2.21. The average Bonchev–Trinajstić information content (AvgIpc) is 2.39. The van der Waals surface area contributed by atoms with E-state index in [1.807, 2.05) is 24.3 Å². The minimum Gasteiger partial charge on any atom is -0.484 e. The maximum atomic E-state index is 5.92. The van der Waals surface area contributed by atoms with Crippen LogP contribution in [0.1, 0.15) is 22.8 Å². The van der Waals surface area contributed by atoms with E-state index in [2.05, 4.69) is 38.1 Å². The van der Waals surface area contributed by atoms with Gasteiger partial charge in [0.25, 0.3) is 0 Å². The molecule has 2 aromatic carbocycles. The fourth-order valence-electron chi connectivity index (χ4n) is 1.81. The standard InChI is InChI=1S/C16H19NO/c1-12-3-7-14(8-4-12)16(11-17)18-15-9-5-13(2)6-10-15/h3-10,16H,11,17H2,1-2H3. The zero-order valence-electron chi connectivity index (χ0n) is 10.9. The van der Waals surface area contributed by atoms with Crippen LogP contribution in [-0.4, -0.2) is 6.54 Å². The summed E-state index contributed by atoms with van der Waals surface area (Å²) < 4.78 is 5.92. The third-order valence-electron chi connectivity index (χ3n) is 2.96. The van der Waals surface area contributed by atoms with Crippen LogP contribution in [0.5, 0.6) is 5.75 Å². The maximum Gasteiger partial charge on any atom is 0.136 e. The van der Waals surface area contributed by atoms with Crippen molar-refractivity contribution < 1.29 is 4.74 Å². The van der Waals surface area contributed by atoms with E-state index in [-0.39, 0.29) is 6.10 Å². The van der Waals surface area contributed by atoms with Crippen LogP contribution in [0.2, 0.25) is 0 Å². The normalized spacial score (nSPS) is 12.2. The zero-order chi connectivity index (χ0) is 13.0. The second kappa shape index (κ2) is 5.69. The van der Waals surface area contributed by atoms with Crippen LogP contribution < -0.4 is 10.5 Å². The van der Waals surface area contributed by atoms with E-state index in [9.17, 15) is 0 Å². The third kappa shape index (κ3) is 3.11. The van der Waals surface area contributed by atoms with Crippen LogP contribution in [0.15, 0.2) is 48.5 Å². The average molecular weight is 241 g/mol. The number of hydrogen-bond donors (Lipinski definition) is 1. The molecular formula is C16H19NO. The smallest absolute Gasteiger partial charge is 0.136 e. The van der Waals surface area contributed by atoms with Crippen LogP contribution in [0.3, 0.4) is 0 Å². The quantitative estimate of drug-likeness (QED) is 0.890. The third-order valence-corrected chi connectivity index (χ3v) is 2.96. The summed E-state index contributed by atoms with van der Waals surface area (Å²) in [6.07, 6.45) is -0.0895. The topological polar surface area (TPSA) is 35.2 Å². The monoisotopic (exact) mass is 241 g/mol. The Bertz CT molecular complexity index is 488. The number of rotatable bonds is 4. The fraction of sp³-hybridized carbons (Fsp3) is 0.250. The lowest BCUT2D eigenvalue weighted by atomic mass is 10.1. The van der Waals surface area contributed by atoms with E-state index < -0.39 is 0 Å². The van der Waals surface area contributed by atoms with E-state index in [0.717, 1.165) is 11.3 Å². The summed E-state index contributed by atoms with van der Waals surface area (Å²) in [6, 6.07) is 16.3. The minimum absolute atomic E-state index is 0.0895. The largest absolute Gasteiger partial charge is 0.484 e. The second-order valence-electron chi connectivity index (χ2n) is 4.57. The van der Waals surface area contributed by atoms with Gasteiger partial charge in [-0.1, -0.05) is 47.5 Å². The van der Waals surface area contributed by atoms with Gasteiger partial charge in [-0.15, -0.1) is 0 Å².